The molecule has 29 heavy (non-hydrogen) atoms. The Kier molecular flexibility index (Phi) is 6.25. The van der Waals surface area contributed by atoms with Crippen LogP contribution in [0.4, 0.5) is 0 Å². The molecule has 1 aliphatic carbocycles. The third-order valence-corrected chi connectivity index (χ3v) is 6.01. The van der Waals surface area contributed by atoms with Crippen molar-refractivity contribution in [2.45, 2.75) is 31.8 Å². The molecule has 158 valence electrons. The Morgan fingerprint density at radius 2 is 1.90 bits per heavy atom. The van der Waals surface area contributed by atoms with Crippen LogP contribution in [0.2, 0.25) is 0 Å². The molecule has 0 radical (unpaired) electrons. The third kappa shape index (κ3) is 5.63. The summed E-state index contributed by atoms with van der Waals surface area (Å²) < 4.78 is 5.59. The van der Waals surface area contributed by atoms with Crippen molar-refractivity contribution in [3.05, 3.63) is 28.4 Å². The van der Waals surface area contributed by atoms with Gasteiger partial charge in [0.2, 0.25) is 5.91 Å². The van der Waals surface area contributed by atoms with E-state index in [9.17, 15) is 14.4 Å². The topological polar surface area (TPSA) is 108 Å². The van der Waals surface area contributed by atoms with Gasteiger partial charge in [-0.15, -0.1) is 0 Å². The smallest absolute Gasteiger partial charge is 0.269 e. The zero-order valence-corrected chi connectivity index (χ0v) is 16.6. The summed E-state index contributed by atoms with van der Waals surface area (Å²) in [4.78, 5) is 46.3. The number of piperidine rings is 1. The lowest BCUT2D eigenvalue weighted by atomic mass is 9.95. The Hall–Kier alpha value is -2.26. The minimum absolute atomic E-state index is 0.0181. The van der Waals surface area contributed by atoms with E-state index in [0.717, 1.165) is 44.6 Å². The molecule has 0 unspecified atom stereocenters. The largest absolute Gasteiger partial charge is 0.365 e. The number of carbonyl (C=O) groups excluding carboxylic acids is 2. The van der Waals surface area contributed by atoms with Gasteiger partial charge in [0.1, 0.15) is 12.3 Å². The highest BCUT2D eigenvalue weighted by molar-refractivity contribution is 5.91. The van der Waals surface area contributed by atoms with Gasteiger partial charge in [-0.3, -0.25) is 19.4 Å². The minimum atomic E-state index is -0.425. The molecule has 1 aromatic heterocycles. The first-order valence-corrected chi connectivity index (χ1v) is 10.5. The molecule has 3 heterocycles. The predicted molar refractivity (Wildman–Crippen MR) is 105 cm³/mol. The number of nitrogens with zero attached hydrogens (tertiary/aromatic N) is 3. The van der Waals surface area contributed by atoms with Crippen molar-refractivity contribution < 1.29 is 14.3 Å². The molecule has 9 heteroatoms. The molecule has 4 rings (SSSR count). The summed E-state index contributed by atoms with van der Waals surface area (Å²) in [5, 5.41) is 2.75. The summed E-state index contributed by atoms with van der Waals surface area (Å²) in [6.07, 6.45) is 7.20. The molecule has 0 bridgehead atoms. The first-order chi connectivity index (χ1) is 14.1. The van der Waals surface area contributed by atoms with E-state index in [0.29, 0.717) is 12.5 Å². The number of aromatic amines is 1. The fraction of sp³-hybridized carbons (Fsp3) is 0.700. The van der Waals surface area contributed by atoms with E-state index in [1.165, 1.54) is 25.6 Å². The number of rotatable bonds is 7. The van der Waals surface area contributed by atoms with Gasteiger partial charge in [0.25, 0.3) is 11.5 Å². The number of amides is 2. The number of hydrogen-bond acceptors (Lipinski definition) is 6. The number of H-pyrrole nitrogens is 1. The summed E-state index contributed by atoms with van der Waals surface area (Å²) in [5.41, 5.74) is -0.314. The average Bonchev–Trinajstić information content (AvgIpc) is 3.54. The maximum Gasteiger partial charge on any atom is 0.269 e. The maximum absolute atomic E-state index is 12.3. The van der Waals surface area contributed by atoms with Crippen molar-refractivity contribution in [2.24, 2.45) is 11.8 Å². The molecule has 0 aromatic carbocycles. The van der Waals surface area contributed by atoms with Crippen molar-refractivity contribution in [1.82, 2.24) is 25.1 Å². The Bertz CT molecular complexity index is 785. The first-order valence-electron chi connectivity index (χ1n) is 10.5. The van der Waals surface area contributed by atoms with Crippen LogP contribution in [0.5, 0.6) is 0 Å². The zero-order chi connectivity index (χ0) is 20.2. The number of aromatic nitrogens is 2. The molecular formula is C20H29N5O4. The second-order valence-electron chi connectivity index (χ2n) is 8.44. The highest BCUT2D eigenvalue weighted by atomic mass is 16.5. The summed E-state index contributed by atoms with van der Waals surface area (Å²) >= 11 is 0. The van der Waals surface area contributed by atoms with Crippen LogP contribution in [0, 0.1) is 11.8 Å². The summed E-state index contributed by atoms with van der Waals surface area (Å²) in [6.45, 7) is 5.06. The van der Waals surface area contributed by atoms with E-state index in [1.807, 2.05) is 4.90 Å². The van der Waals surface area contributed by atoms with Crippen molar-refractivity contribution in [3.63, 3.8) is 0 Å². The summed E-state index contributed by atoms with van der Waals surface area (Å²) in [6, 6.07) is 0. The van der Waals surface area contributed by atoms with Gasteiger partial charge in [0, 0.05) is 26.2 Å². The monoisotopic (exact) mass is 403 g/mol. The Morgan fingerprint density at radius 1 is 1.14 bits per heavy atom. The zero-order valence-electron chi connectivity index (χ0n) is 16.6. The quantitative estimate of drug-likeness (QED) is 0.656. The van der Waals surface area contributed by atoms with Crippen molar-refractivity contribution in [3.8, 4) is 0 Å². The van der Waals surface area contributed by atoms with Gasteiger partial charge in [-0.1, -0.05) is 0 Å². The SMILES string of the molecule is O=C(NC[C@H]1CN(CC2CCN(CC3CC3)CC2)C(=O)CO1)c1cncc(=O)[nH]1. The standard InChI is InChI=1S/C20H29N5O4/c26-18-9-21-8-17(23-18)20(28)22-7-16-12-25(19(27)13-29-16)11-15-3-5-24(6-4-15)10-14-1-2-14/h8-9,14-16H,1-7,10-13H2,(H,22,28)(H,23,26)/t16-/m0/s1. The lowest BCUT2D eigenvalue weighted by Crippen LogP contribution is -2.52. The first kappa shape index (κ1) is 20.0. The van der Waals surface area contributed by atoms with E-state index in [2.05, 4.69) is 20.2 Å². The average molecular weight is 403 g/mol. The Labute approximate surface area is 169 Å². The summed E-state index contributed by atoms with van der Waals surface area (Å²) in [7, 11) is 0. The number of ether oxygens (including phenoxy) is 1. The normalized spacial score (nSPS) is 23.9. The van der Waals surface area contributed by atoms with Crippen LogP contribution in [-0.2, 0) is 9.53 Å². The van der Waals surface area contributed by atoms with Crippen LogP contribution >= 0.6 is 0 Å². The van der Waals surface area contributed by atoms with Crippen molar-refractivity contribution in [2.75, 3.05) is 45.9 Å². The van der Waals surface area contributed by atoms with E-state index >= 15 is 0 Å². The number of carbonyl (C=O) groups is 2. The maximum atomic E-state index is 12.3. The second kappa shape index (κ2) is 9.04. The lowest BCUT2D eigenvalue weighted by Gasteiger charge is -2.38. The second-order valence-corrected chi connectivity index (χ2v) is 8.44. The molecule has 3 aliphatic rings. The molecule has 2 saturated heterocycles. The van der Waals surface area contributed by atoms with E-state index in [1.54, 1.807) is 0 Å². The molecule has 1 saturated carbocycles. The molecule has 2 amide bonds. The molecule has 9 nitrogen and oxygen atoms in total. The fourth-order valence-electron chi connectivity index (χ4n) is 4.10. The van der Waals surface area contributed by atoms with Crippen LogP contribution in [0.3, 0.4) is 0 Å². The lowest BCUT2D eigenvalue weighted by molar-refractivity contribution is -0.149. The molecular weight excluding hydrogens is 374 g/mol. The number of nitrogens with one attached hydrogen (secondary N) is 2. The minimum Gasteiger partial charge on any atom is -0.365 e. The highest BCUT2D eigenvalue weighted by Gasteiger charge is 2.31. The van der Waals surface area contributed by atoms with Crippen LogP contribution in [0.25, 0.3) is 0 Å². The molecule has 1 aromatic rings. The van der Waals surface area contributed by atoms with E-state index in [4.69, 9.17) is 4.74 Å². The number of morpholine rings is 1. The van der Waals surface area contributed by atoms with Gasteiger partial charge in [-0.2, -0.15) is 0 Å². The number of likely N-dealkylation sites (tertiary alicyclic amines) is 1. The Balaban J connectivity index is 1.22. The van der Waals surface area contributed by atoms with Gasteiger partial charge >= 0.3 is 0 Å². The highest BCUT2D eigenvalue weighted by Crippen LogP contribution is 2.31. The van der Waals surface area contributed by atoms with Gasteiger partial charge in [-0.25, -0.2) is 0 Å². The van der Waals surface area contributed by atoms with Gasteiger partial charge < -0.3 is 24.8 Å². The fourth-order valence-corrected chi connectivity index (χ4v) is 4.10. The van der Waals surface area contributed by atoms with Gasteiger partial charge in [-0.05, 0) is 50.6 Å². The van der Waals surface area contributed by atoms with Crippen molar-refractivity contribution >= 4 is 11.8 Å². The predicted octanol–water partition coefficient (Wildman–Crippen LogP) is -0.151. The molecule has 1 atom stereocenters. The van der Waals surface area contributed by atoms with E-state index < -0.39 is 11.5 Å². The van der Waals surface area contributed by atoms with Crippen LogP contribution in [0.15, 0.2) is 17.2 Å². The van der Waals surface area contributed by atoms with Crippen LogP contribution in [0.1, 0.15) is 36.2 Å². The van der Waals surface area contributed by atoms with Gasteiger partial charge in [0.05, 0.1) is 18.5 Å². The molecule has 0 spiro atoms. The van der Waals surface area contributed by atoms with Gasteiger partial charge in [0.15, 0.2) is 0 Å². The van der Waals surface area contributed by atoms with E-state index in [-0.39, 0.29) is 30.9 Å². The Morgan fingerprint density at radius 3 is 2.62 bits per heavy atom. The van der Waals surface area contributed by atoms with Crippen molar-refractivity contribution in [1.29, 1.82) is 0 Å². The molecule has 2 aliphatic heterocycles. The molecule has 2 N–H and O–H groups in total. The number of hydrogen-bond donors (Lipinski definition) is 2. The van der Waals surface area contributed by atoms with Crippen LogP contribution < -0.4 is 10.9 Å². The van der Waals surface area contributed by atoms with Crippen LogP contribution in [-0.4, -0.2) is 83.6 Å². The molecule has 3 fully saturated rings. The summed E-state index contributed by atoms with van der Waals surface area (Å²) in [5.74, 6) is 1.06. The third-order valence-electron chi connectivity index (χ3n) is 6.01.